The Labute approximate surface area is 128 Å². The SMILES string of the molecule is CN(C)C(=O)CN1CCO[C@@H]2CN(C(=O)c3ccno3)C[C@@H]21. The Balaban J connectivity index is 1.67. The summed E-state index contributed by atoms with van der Waals surface area (Å²) < 4.78 is 10.7. The molecule has 8 heteroatoms. The number of fused-ring (bicyclic) bond motifs is 1. The van der Waals surface area contributed by atoms with E-state index in [9.17, 15) is 9.59 Å². The standard InChI is InChI=1S/C14H20N4O4/c1-16(2)13(19)9-17-5-6-21-12-8-18(7-10(12)17)14(20)11-3-4-15-22-11/h3-4,10,12H,5-9H2,1-2H3/t10-,12+/m0/s1. The molecule has 0 spiro atoms. The van der Waals surface area contributed by atoms with Crippen molar-refractivity contribution in [3.05, 3.63) is 18.0 Å². The number of morpholine rings is 1. The van der Waals surface area contributed by atoms with Crippen molar-refractivity contribution in [3.8, 4) is 0 Å². The molecule has 2 aliphatic heterocycles. The molecule has 3 heterocycles. The van der Waals surface area contributed by atoms with E-state index in [0.717, 1.165) is 0 Å². The fourth-order valence-corrected chi connectivity index (χ4v) is 2.92. The second-order valence-electron chi connectivity index (χ2n) is 5.82. The van der Waals surface area contributed by atoms with Crippen molar-refractivity contribution in [3.63, 3.8) is 0 Å². The molecule has 120 valence electrons. The summed E-state index contributed by atoms with van der Waals surface area (Å²) in [6, 6.07) is 1.60. The molecule has 0 radical (unpaired) electrons. The van der Waals surface area contributed by atoms with Crippen LogP contribution >= 0.6 is 0 Å². The fourth-order valence-electron chi connectivity index (χ4n) is 2.92. The highest BCUT2D eigenvalue weighted by molar-refractivity contribution is 5.91. The highest BCUT2D eigenvalue weighted by Gasteiger charge is 2.43. The normalized spacial score (nSPS) is 25.1. The lowest BCUT2D eigenvalue weighted by Gasteiger charge is -2.36. The average Bonchev–Trinajstić information content (AvgIpc) is 3.16. The van der Waals surface area contributed by atoms with Crippen LogP contribution in [0.15, 0.2) is 16.8 Å². The van der Waals surface area contributed by atoms with Crippen LogP contribution in [0.25, 0.3) is 0 Å². The minimum Gasteiger partial charge on any atom is -0.373 e. The molecule has 0 bridgehead atoms. The van der Waals surface area contributed by atoms with Crippen LogP contribution < -0.4 is 0 Å². The molecule has 8 nitrogen and oxygen atoms in total. The number of ether oxygens (including phenoxy) is 1. The number of aromatic nitrogens is 1. The Morgan fingerprint density at radius 3 is 2.91 bits per heavy atom. The Bertz CT molecular complexity index is 545. The molecule has 2 saturated heterocycles. The molecule has 0 N–H and O–H groups in total. The zero-order chi connectivity index (χ0) is 15.7. The number of rotatable bonds is 3. The number of nitrogens with zero attached hydrogens (tertiary/aromatic N) is 4. The van der Waals surface area contributed by atoms with Gasteiger partial charge in [-0.2, -0.15) is 0 Å². The van der Waals surface area contributed by atoms with Crippen molar-refractivity contribution in [1.82, 2.24) is 19.9 Å². The molecule has 22 heavy (non-hydrogen) atoms. The zero-order valence-corrected chi connectivity index (χ0v) is 12.8. The summed E-state index contributed by atoms with van der Waals surface area (Å²) in [4.78, 5) is 29.7. The number of hydrogen-bond donors (Lipinski definition) is 0. The van der Waals surface area contributed by atoms with Crippen LogP contribution in [0.2, 0.25) is 0 Å². The first-order valence-electron chi connectivity index (χ1n) is 7.32. The molecule has 0 aromatic carbocycles. The van der Waals surface area contributed by atoms with E-state index < -0.39 is 0 Å². The predicted octanol–water partition coefficient (Wildman–Crippen LogP) is -0.712. The summed E-state index contributed by atoms with van der Waals surface area (Å²) in [7, 11) is 3.49. The van der Waals surface area contributed by atoms with Crippen LogP contribution in [0, 0.1) is 0 Å². The summed E-state index contributed by atoms with van der Waals surface area (Å²) in [5.41, 5.74) is 0. The highest BCUT2D eigenvalue weighted by atomic mass is 16.5. The van der Waals surface area contributed by atoms with Crippen LogP contribution in [-0.4, -0.2) is 90.7 Å². The first kappa shape index (κ1) is 15.0. The van der Waals surface area contributed by atoms with Crippen LogP contribution in [0.5, 0.6) is 0 Å². The first-order chi connectivity index (χ1) is 10.6. The molecular formula is C14H20N4O4. The summed E-state index contributed by atoms with van der Waals surface area (Å²) in [5.74, 6) is 0.101. The Morgan fingerprint density at radius 2 is 2.23 bits per heavy atom. The minimum absolute atomic E-state index is 0.0459. The third kappa shape index (κ3) is 2.84. The highest BCUT2D eigenvalue weighted by Crippen LogP contribution is 2.24. The maximum absolute atomic E-state index is 12.3. The second-order valence-corrected chi connectivity index (χ2v) is 5.82. The molecule has 2 atom stereocenters. The third-order valence-corrected chi connectivity index (χ3v) is 4.19. The fraction of sp³-hybridized carbons (Fsp3) is 0.643. The maximum Gasteiger partial charge on any atom is 0.292 e. The smallest absolute Gasteiger partial charge is 0.292 e. The van der Waals surface area contributed by atoms with Gasteiger partial charge in [-0.25, -0.2) is 0 Å². The van der Waals surface area contributed by atoms with Crippen LogP contribution in [0.3, 0.4) is 0 Å². The van der Waals surface area contributed by atoms with Gasteiger partial charge in [0.25, 0.3) is 5.91 Å². The van der Waals surface area contributed by atoms with Gasteiger partial charge >= 0.3 is 0 Å². The van der Waals surface area contributed by atoms with E-state index in [0.29, 0.717) is 32.8 Å². The lowest BCUT2D eigenvalue weighted by Crippen LogP contribution is -2.53. The summed E-state index contributed by atoms with van der Waals surface area (Å²) in [6.07, 6.45) is 1.39. The zero-order valence-electron chi connectivity index (χ0n) is 12.8. The van der Waals surface area contributed by atoms with Gasteiger partial charge in [-0.3, -0.25) is 14.5 Å². The molecule has 2 fully saturated rings. The van der Waals surface area contributed by atoms with Gasteiger partial charge in [0.15, 0.2) is 0 Å². The van der Waals surface area contributed by atoms with E-state index in [-0.39, 0.29) is 29.7 Å². The second kappa shape index (κ2) is 6.05. The lowest BCUT2D eigenvalue weighted by molar-refractivity contribution is -0.133. The molecule has 3 rings (SSSR count). The molecule has 1 aromatic heterocycles. The van der Waals surface area contributed by atoms with Crippen LogP contribution in [-0.2, 0) is 9.53 Å². The van der Waals surface area contributed by atoms with E-state index in [4.69, 9.17) is 9.26 Å². The van der Waals surface area contributed by atoms with Crippen molar-refractivity contribution in [2.75, 3.05) is 46.9 Å². The number of likely N-dealkylation sites (N-methyl/N-ethyl adjacent to an activating group) is 1. The Morgan fingerprint density at radius 1 is 1.41 bits per heavy atom. The Hall–Kier alpha value is -1.93. The van der Waals surface area contributed by atoms with Gasteiger partial charge in [0.1, 0.15) is 0 Å². The minimum atomic E-state index is -0.186. The lowest BCUT2D eigenvalue weighted by atomic mass is 10.1. The molecule has 1 aromatic rings. The van der Waals surface area contributed by atoms with E-state index in [1.54, 1.807) is 30.0 Å². The Kier molecular flexibility index (Phi) is 4.12. The number of likely N-dealkylation sites (tertiary alicyclic amines) is 1. The number of hydrogen-bond acceptors (Lipinski definition) is 6. The van der Waals surface area contributed by atoms with Gasteiger partial charge in [0.05, 0.1) is 31.5 Å². The maximum atomic E-state index is 12.3. The molecule has 0 saturated carbocycles. The number of carbonyl (C=O) groups is 2. The molecular weight excluding hydrogens is 288 g/mol. The summed E-state index contributed by atoms with van der Waals surface area (Å²) in [6.45, 7) is 2.67. The van der Waals surface area contributed by atoms with E-state index in [1.807, 2.05) is 0 Å². The number of carbonyl (C=O) groups excluding carboxylic acids is 2. The van der Waals surface area contributed by atoms with Crippen molar-refractivity contribution in [2.24, 2.45) is 0 Å². The summed E-state index contributed by atoms with van der Waals surface area (Å²) >= 11 is 0. The largest absolute Gasteiger partial charge is 0.373 e. The summed E-state index contributed by atoms with van der Waals surface area (Å²) in [5, 5.41) is 3.56. The van der Waals surface area contributed by atoms with Crippen molar-refractivity contribution in [1.29, 1.82) is 0 Å². The van der Waals surface area contributed by atoms with Crippen molar-refractivity contribution >= 4 is 11.8 Å². The monoisotopic (exact) mass is 308 g/mol. The van der Waals surface area contributed by atoms with Gasteiger partial charge in [-0.15, -0.1) is 0 Å². The van der Waals surface area contributed by atoms with Gasteiger partial charge in [-0.1, -0.05) is 5.16 Å². The van der Waals surface area contributed by atoms with Gasteiger partial charge < -0.3 is 19.1 Å². The molecule has 0 unspecified atom stereocenters. The first-order valence-corrected chi connectivity index (χ1v) is 7.32. The van der Waals surface area contributed by atoms with Crippen LogP contribution in [0.1, 0.15) is 10.6 Å². The van der Waals surface area contributed by atoms with Gasteiger partial charge in [-0.05, 0) is 0 Å². The predicted molar refractivity (Wildman–Crippen MR) is 76.2 cm³/mol. The van der Waals surface area contributed by atoms with Gasteiger partial charge in [0.2, 0.25) is 11.7 Å². The van der Waals surface area contributed by atoms with Crippen LogP contribution in [0.4, 0.5) is 0 Å². The van der Waals surface area contributed by atoms with Crippen molar-refractivity contribution < 1.29 is 18.8 Å². The quantitative estimate of drug-likeness (QED) is 0.734. The third-order valence-electron chi connectivity index (χ3n) is 4.19. The number of amides is 2. The average molecular weight is 308 g/mol. The van der Waals surface area contributed by atoms with E-state index in [1.165, 1.54) is 6.20 Å². The topological polar surface area (TPSA) is 79.1 Å². The van der Waals surface area contributed by atoms with E-state index >= 15 is 0 Å². The van der Waals surface area contributed by atoms with Crippen molar-refractivity contribution in [2.45, 2.75) is 12.1 Å². The molecule has 0 aliphatic carbocycles. The van der Waals surface area contributed by atoms with E-state index in [2.05, 4.69) is 10.1 Å². The molecule has 2 amide bonds. The van der Waals surface area contributed by atoms with Gasteiger partial charge in [0, 0.05) is 39.8 Å². The molecule has 2 aliphatic rings.